The number of rotatable bonds is 5. The minimum atomic E-state index is 0.643. The van der Waals surface area contributed by atoms with E-state index in [-0.39, 0.29) is 0 Å². The molecule has 3 aromatic carbocycles. The lowest BCUT2D eigenvalue weighted by molar-refractivity contribution is 0.111. The third-order valence-electron chi connectivity index (χ3n) is 6.25. The van der Waals surface area contributed by atoms with Gasteiger partial charge in [0.25, 0.3) is 0 Å². The second-order valence-electron chi connectivity index (χ2n) is 8.18. The Morgan fingerprint density at radius 2 is 1.45 bits per heavy atom. The van der Waals surface area contributed by atoms with Crippen molar-refractivity contribution in [3.05, 3.63) is 107 Å². The van der Waals surface area contributed by atoms with Crippen molar-refractivity contribution in [2.75, 3.05) is 0 Å². The summed E-state index contributed by atoms with van der Waals surface area (Å²) in [5.41, 5.74) is 10.2. The van der Waals surface area contributed by atoms with Crippen molar-refractivity contribution in [2.24, 2.45) is 0 Å². The summed E-state index contributed by atoms with van der Waals surface area (Å²) in [4.78, 5) is 27.5. The van der Waals surface area contributed by atoms with E-state index in [4.69, 9.17) is 4.98 Å². The highest BCUT2D eigenvalue weighted by Gasteiger charge is 2.16. The SMILES string of the molecule is Cc1c(C=O)ccc(-c2cc(-c3ccc(C=O)cc3)cn3cc(-c4ccccc4)nc23)c1C. The van der Waals surface area contributed by atoms with Crippen LogP contribution in [0.1, 0.15) is 31.8 Å². The molecular weight excluding hydrogens is 408 g/mol. The Morgan fingerprint density at radius 3 is 2.15 bits per heavy atom. The summed E-state index contributed by atoms with van der Waals surface area (Å²) in [6.45, 7) is 4.02. The third kappa shape index (κ3) is 3.66. The fourth-order valence-corrected chi connectivity index (χ4v) is 4.22. The fraction of sp³-hybridized carbons (Fsp3) is 0.0690. The van der Waals surface area contributed by atoms with Crippen LogP contribution < -0.4 is 0 Å². The zero-order valence-corrected chi connectivity index (χ0v) is 18.4. The van der Waals surface area contributed by atoms with Crippen LogP contribution in [0, 0.1) is 13.8 Å². The second-order valence-corrected chi connectivity index (χ2v) is 8.18. The number of nitrogens with zero attached hydrogens (tertiary/aromatic N) is 2. The van der Waals surface area contributed by atoms with Crippen molar-refractivity contribution in [3.8, 4) is 33.5 Å². The van der Waals surface area contributed by atoms with Crippen LogP contribution in [-0.4, -0.2) is 22.0 Å². The Bertz CT molecular complexity index is 1500. The molecule has 0 spiro atoms. The van der Waals surface area contributed by atoms with Crippen molar-refractivity contribution in [2.45, 2.75) is 13.8 Å². The molecule has 0 aliphatic rings. The van der Waals surface area contributed by atoms with Gasteiger partial charge in [-0.1, -0.05) is 66.7 Å². The molecule has 0 amide bonds. The first-order chi connectivity index (χ1) is 16.1. The molecule has 0 bridgehead atoms. The number of imidazole rings is 1. The zero-order valence-electron chi connectivity index (χ0n) is 18.4. The molecule has 0 fully saturated rings. The molecule has 0 unspecified atom stereocenters. The van der Waals surface area contributed by atoms with Crippen LogP contribution >= 0.6 is 0 Å². The van der Waals surface area contributed by atoms with E-state index < -0.39 is 0 Å². The van der Waals surface area contributed by atoms with Gasteiger partial charge in [0.15, 0.2) is 0 Å². The first kappa shape index (κ1) is 20.6. The minimum Gasteiger partial charge on any atom is -0.305 e. The maximum absolute atomic E-state index is 11.5. The normalized spacial score (nSPS) is 11.0. The Kier molecular flexibility index (Phi) is 5.19. The highest BCUT2D eigenvalue weighted by molar-refractivity contribution is 5.88. The zero-order chi connectivity index (χ0) is 22.9. The lowest BCUT2D eigenvalue weighted by Gasteiger charge is -2.14. The van der Waals surface area contributed by atoms with E-state index in [0.29, 0.717) is 11.1 Å². The van der Waals surface area contributed by atoms with Crippen molar-refractivity contribution < 1.29 is 9.59 Å². The van der Waals surface area contributed by atoms with Crippen LogP contribution in [0.2, 0.25) is 0 Å². The van der Waals surface area contributed by atoms with Crippen LogP contribution in [0.25, 0.3) is 39.2 Å². The molecule has 0 saturated carbocycles. The first-order valence-corrected chi connectivity index (χ1v) is 10.8. The summed E-state index contributed by atoms with van der Waals surface area (Å²) in [5.74, 6) is 0. The van der Waals surface area contributed by atoms with E-state index >= 15 is 0 Å². The first-order valence-electron chi connectivity index (χ1n) is 10.8. The van der Waals surface area contributed by atoms with Crippen molar-refractivity contribution >= 4 is 18.2 Å². The van der Waals surface area contributed by atoms with Crippen molar-refractivity contribution in [3.63, 3.8) is 0 Å². The molecule has 0 saturated heterocycles. The summed E-state index contributed by atoms with van der Waals surface area (Å²) in [7, 11) is 0. The predicted molar refractivity (Wildman–Crippen MR) is 132 cm³/mol. The highest BCUT2D eigenvalue weighted by Crippen LogP contribution is 2.35. The van der Waals surface area contributed by atoms with Gasteiger partial charge in [0.2, 0.25) is 0 Å². The van der Waals surface area contributed by atoms with Gasteiger partial charge in [-0.05, 0) is 47.7 Å². The van der Waals surface area contributed by atoms with Crippen LogP contribution in [0.3, 0.4) is 0 Å². The maximum atomic E-state index is 11.5. The van der Waals surface area contributed by atoms with Gasteiger partial charge in [-0.3, -0.25) is 9.59 Å². The smallest absolute Gasteiger partial charge is 0.150 e. The van der Waals surface area contributed by atoms with Crippen LogP contribution in [-0.2, 0) is 0 Å². The lowest BCUT2D eigenvalue weighted by atomic mass is 9.93. The fourth-order valence-electron chi connectivity index (χ4n) is 4.22. The molecule has 33 heavy (non-hydrogen) atoms. The molecule has 0 N–H and O–H groups in total. The Hall–Kier alpha value is -4.31. The Labute approximate surface area is 192 Å². The van der Waals surface area contributed by atoms with Crippen LogP contribution in [0.4, 0.5) is 0 Å². The van der Waals surface area contributed by atoms with Crippen LogP contribution in [0.5, 0.6) is 0 Å². The molecule has 0 atom stereocenters. The number of aromatic nitrogens is 2. The topological polar surface area (TPSA) is 51.4 Å². The van der Waals surface area contributed by atoms with Gasteiger partial charge in [0, 0.05) is 34.6 Å². The number of carbonyl (C=O) groups excluding carboxylic acids is 2. The van der Waals surface area contributed by atoms with Gasteiger partial charge in [-0.25, -0.2) is 4.98 Å². The standard InChI is InChI=1S/C29H22N2O2/c1-19-20(2)26(13-12-24(19)18-33)27-14-25(22-10-8-21(17-32)9-11-22)15-31-16-28(30-29(27)31)23-6-4-3-5-7-23/h3-18H,1-2H3. The van der Waals surface area contributed by atoms with Crippen molar-refractivity contribution in [1.29, 1.82) is 0 Å². The average molecular weight is 431 g/mol. The molecule has 0 radical (unpaired) electrons. The number of hydrogen-bond donors (Lipinski definition) is 0. The summed E-state index contributed by atoms with van der Waals surface area (Å²) >= 11 is 0. The Balaban J connectivity index is 1.78. The summed E-state index contributed by atoms with van der Waals surface area (Å²) < 4.78 is 2.06. The highest BCUT2D eigenvalue weighted by atomic mass is 16.1. The number of fused-ring (bicyclic) bond motifs is 1. The van der Waals surface area contributed by atoms with E-state index in [1.807, 2.05) is 74.6 Å². The molecule has 160 valence electrons. The molecule has 4 nitrogen and oxygen atoms in total. The quantitative estimate of drug-likeness (QED) is 0.296. The van der Waals surface area contributed by atoms with E-state index in [1.54, 1.807) is 0 Å². The van der Waals surface area contributed by atoms with Gasteiger partial charge < -0.3 is 4.40 Å². The van der Waals surface area contributed by atoms with E-state index in [1.165, 1.54) is 0 Å². The van der Waals surface area contributed by atoms with Gasteiger partial charge in [-0.2, -0.15) is 0 Å². The minimum absolute atomic E-state index is 0.643. The monoisotopic (exact) mass is 430 g/mol. The number of pyridine rings is 1. The largest absolute Gasteiger partial charge is 0.305 e. The Morgan fingerprint density at radius 1 is 0.697 bits per heavy atom. The summed E-state index contributed by atoms with van der Waals surface area (Å²) in [6, 6.07) is 23.7. The average Bonchev–Trinajstić information content (AvgIpc) is 3.30. The van der Waals surface area contributed by atoms with Gasteiger partial charge >= 0.3 is 0 Å². The maximum Gasteiger partial charge on any atom is 0.150 e. The summed E-state index contributed by atoms with van der Waals surface area (Å²) in [5, 5.41) is 0. The van der Waals surface area contributed by atoms with E-state index in [9.17, 15) is 9.59 Å². The molecule has 5 rings (SSSR count). The second kappa shape index (κ2) is 8.32. The molecule has 0 aliphatic heterocycles. The van der Waals surface area contributed by atoms with Gasteiger partial charge in [0.05, 0.1) is 5.69 Å². The summed E-state index contributed by atoms with van der Waals surface area (Å²) in [6.07, 6.45) is 5.85. The molecule has 5 aromatic rings. The number of aldehydes is 2. The van der Waals surface area contributed by atoms with Crippen molar-refractivity contribution in [1.82, 2.24) is 9.38 Å². The number of benzene rings is 3. The van der Waals surface area contributed by atoms with Gasteiger partial charge in [-0.15, -0.1) is 0 Å². The lowest BCUT2D eigenvalue weighted by Crippen LogP contribution is -1.97. The van der Waals surface area contributed by atoms with Gasteiger partial charge in [0.1, 0.15) is 18.2 Å². The third-order valence-corrected chi connectivity index (χ3v) is 6.25. The number of hydrogen-bond acceptors (Lipinski definition) is 3. The van der Waals surface area contributed by atoms with Crippen LogP contribution in [0.15, 0.2) is 85.2 Å². The molecular formula is C29H22N2O2. The molecule has 2 aromatic heterocycles. The predicted octanol–water partition coefficient (Wildman–Crippen LogP) is 6.58. The molecule has 0 aliphatic carbocycles. The molecule has 2 heterocycles. The van der Waals surface area contributed by atoms with E-state index in [2.05, 4.69) is 28.8 Å². The van der Waals surface area contributed by atoms with E-state index in [0.717, 1.165) is 62.9 Å². The number of carbonyl (C=O) groups is 2. The molecule has 4 heteroatoms.